The van der Waals surface area contributed by atoms with Crippen molar-refractivity contribution < 1.29 is 13.2 Å². The molecule has 160 valence electrons. The van der Waals surface area contributed by atoms with Gasteiger partial charge in [-0.3, -0.25) is 14.1 Å². The average Bonchev–Trinajstić information content (AvgIpc) is 2.78. The topological polar surface area (TPSA) is 91.7 Å². The van der Waals surface area contributed by atoms with E-state index in [1.807, 2.05) is 26.0 Å². The number of benzene rings is 2. The molecule has 0 bridgehead atoms. The Hall–Kier alpha value is -3.52. The molecule has 0 aliphatic carbocycles. The quantitative estimate of drug-likeness (QED) is 0.433. The third-order valence-electron chi connectivity index (χ3n) is 4.61. The zero-order chi connectivity index (χ0) is 22.3. The summed E-state index contributed by atoms with van der Waals surface area (Å²) in [5.41, 5.74) is 5.19. The lowest BCUT2D eigenvalue weighted by molar-refractivity contribution is -0.119. The molecule has 0 spiro atoms. The van der Waals surface area contributed by atoms with E-state index in [0.29, 0.717) is 17.8 Å². The number of rotatable bonds is 8. The van der Waals surface area contributed by atoms with E-state index >= 15 is 0 Å². The third kappa shape index (κ3) is 5.55. The highest BCUT2D eigenvalue weighted by atomic mass is 32.2. The summed E-state index contributed by atoms with van der Waals surface area (Å²) < 4.78 is 28.0. The number of nitrogens with one attached hydrogen (secondary N) is 1. The number of amides is 1. The van der Waals surface area contributed by atoms with Crippen LogP contribution in [0.1, 0.15) is 23.7 Å². The second kappa shape index (κ2) is 9.99. The van der Waals surface area contributed by atoms with E-state index in [2.05, 4.69) is 15.5 Å². The smallest absolute Gasteiger partial charge is 0.264 e. The van der Waals surface area contributed by atoms with Crippen molar-refractivity contribution in [2.24, 2.45) is 5.10 Å². The highest BCUT2D eigenvalue weighted by molar-refractivity contribution is 7.92. The first-order valence-electron chi connectivity index (χ1n) is 9.82. The number of aryl methyl sites for hydroxylation is 2. The summed E-state index contributed by atoms with van der Waals surface area (Å²) in [6.07, 6.45) is 3.63. The normalized spacial score (nSPS) is 11.4. The van der Waals surface area contributed by atoms with Crippen molar-refractivity contribution in [1.82, 2.24) is 10.4 Å². The van der Waals surface area contributed by atoms with E-state index < -0.39 is 22.5 Å². The number of pyridine rings is 1. The molecule has 31 heavy (non-hydrogen) atoms. The van der Waals surface area contributed by atoms with E-state index in [4.69, 9.17) is 0 Å². The molecule has 0 radical (unpaired) electrons. The minimum Gasteiger partial charge on any atom is -0.271 e. The standard InChI is InChI=1S/C23H24N4O3S/c1-3-19-8-4-5-10-22(19)27(31(29,30)21-13-11-18(2)12-14-21)17-23(28)26-25-16-20-9-6-7-15-24-20/h4-16H,3,17H2,1-2H3,(H,26,28)/b25-16-. The number of carbonyl (C=O) groups excluding carboxylic acids is 1. The maximum absolute atomic E-state index is 13.4. The molecule has 1 N–H and O–H groups in total. The van der Waals surface area contributed by atoms with Crippen LogP contribution in [0, 0.1) is 6.92 Å². The SMILES string of the molecule is CCc1ccccc1N(CC(=O)N/N=C\c1ccccn1)S(=O)(=O)c1ccc(C)cc1. The molecule has 1 amide bonds. The van der Waals surface area contributed by atoms with E-state index in [1.54, 1.807) is 60.8 Å². The van der Waals surface area contributed by atoms with Crippen LogP contribution in [0.25, 0.3) is 0 Å². The highest BCUT2D eigenvalue weighted by Crippen LogP contribution is 2.27. The lowest BCUT2D eigenvalue weighted by atomic mass is 10.1. The van der Waals surface area contributed by atoms with E-state index in [-0.39, 0.29) is 4.90 Å². The number of carbonyl (C=O) groups is 1. The van der Waals surface area contributed by atoms with Crippen LogP contribution in [0.4, 0.5) is 5.69 Å². The number of hydrogen-bond donors (Lipinski definition) is 1. The number of hydrogen-bond acceptors (Lipinski definition) is 5. The molecule has 0 aliphatic heterocycles. The molecule has 3 aromatic rings. The van der Waals surface area contributed by atoms with Crippen LogP contribution in [-0.4, -0.2) is 32.1 Å². The Morgan fingerprint density at radius 3 is 2.45 bits per heavy atom. The van der Waals surface area contributed by atoms with Gasteiger partial charge in [0.15, 0.2) is 0 Å². The van der Waals surface area contributed by atoms with Crippen LogP contribution in [0.5, 0.6) is 0 Å². The minimum absolute atomic E-state index is 0.119. The van der Waals surface area contributed by atoms with Crippen LogP contribution < -0.4 is 9.73 Å². The number of aromatic nitrogens is 1. The molecule has 7 nitrogen and oxygen atoms in total. The number of para-hydroxylation sites is 1. The van der Waals surface area contributed by atoms with Crippen LogP contribution >= 0.6 is 0 Å². The molecule has 1 heterocycles. The predicted molar refractivity (Wildman–Crippen MR) is 122 cm³/mol. The molecule has 0 saturated carbocycles. The van der Waals surface area contributed by atoms with Gasteiger partial charge in [0.2, 0.25) is 0 Å². The number of hydrazone groups is 1. The second-order valence-corrected chi connectivity index (χ2v) is 8.72. The van der Waals surface area contributed by atoms with Gasteiger partial charge in [0, 0.05) is 6.20 Å². The molecule has 0 atom stereocenters. The summed E-state index contributed by atoms with van der Waals surface area (Å²) in [6, 6.07) is 19.0. The van der Waals surface area contributed by atoms with Gasteiger partial charge in [-0.05, 0) is 49.2 Å². The number of sulfonamides is 1. The van der Waals surface area contributed by atoms with Gasteiger partial charge in [0.05, 0.1) is 22.5 Å². The fourth-order valence-corrected chi connectivity index (χ4v) is 4.44. The number of nitrogens with zero attached hydrogens (tertiary/aromatic N) is 3. The third-order valence-corrected chi connectivity index (χ3v) is 6.39. The second-order valence-electron chi connectivity index (χ2n) is 6.85. The molecule has 0 fully saturated rings. The molecular weight excluding hydrogens is 412 g/mol. The maximum Gasteiger partial charge on any atom is 0.264 e. The van der Waals surface area contributed by atoms with Crippen LogP contribution in [0.2, 0.25) is 0 Å². The Morgan fingerprint density at radius 1 is 1.06 bits per heavy atom. The van der Waals surface area contributed by atoms with Crippen molar-refractivity contribution in [3.8, 4) is 0 Å². The summed E-state index contributed by atoms with van der Waals surface area (Å²) in [5, 5.41) is 3.89. The Balaban J connectivity index is 1.90. The monoisotopic (exact) mass is 436 g/mol. The summed E-state index contributed by atoms with van der Waals surface area (Å²) in [7, 11) is -3.97. The molecule has 0 unspecified atom stereocenters. The van der Waals surface area contributed by atoms with Crippen molar-refractivity contribution in [2.75, 3.05) is 10.8 Å². The Labute approximate surface area is 182 Å². The van der Waals surface area contributed by atoms with Gasteiger partial charge in [-0.2, -0.15) is 5.10 Å². The van der Waals surface area contributed by atoms with Gasteiger partial charge in [0.25, 0.3) is 15.9 Å². The summed E-state index contributed by atoms with van der Waals surface area (Å²) in [5.74, 6) is -0.561. The van der Waals surface area contributed by atoms with E-state index in [9.17, 15) is 13.2 Å². The van der Waals surface area contributed by atoms with Crippen molar-refractivity contribution >= 4 is 27.8 Å². The van der Waals surface area contributed by atoms with Gasteiger partial charge < -0.3 is 0 Å². The van der Waals surface area contributed by atoms with Gasteiger partial charge in [-0.1, -0.05) is 48.9 Å². The molecular formula is C23H24N4O3S. The van der Waals surface area contributed by atoms with E-state index in [0.717, 1.165) is 15.4 Å². The lowest BCUT2D eigenvalue weighted by Gasteiger charge is -2.25. The molecule has 0 aliphatic rings. The molecule has 3 rings (SSSR count). The Bertz CT molecular complexity index is 1160. The van der Waals surface area contributed by atoms with E-state index in [1.165, 1.54) is 6.21 Å². The first-order valence-corrected chi connectivity index (χ1v) is 11.3. The summed E-state index contributed by atoms with van der Waals surface area (Å²) in [4.78, 5) is 16.8. The van der Waals surface area contributed by atoms with Gasteiger partial charge >= 0.3 is 0 Å². The van der Waals surface area contributed by atoms with Gasteiger partial charge in [-0.25, -0.2) is 13.8 Å². The predicted octanol–water partition coefficient (Wildman–Crippen LogP) is 3.30. The highest BCUT2D eigenvalue weighted by Gasteiger charge is 2.28. The zero-order valence-electron chi connectivity index (χ0n) is 17.4. The summed E-state index contributed by atoms with van der Waals surface area (Å²) >= 11 is 0. The van der Waals surface area contributed by atoms with Crippen LogP contribution in [-0.2, 0) is 21.2 Å². The van der Waals surface area contributed by atoms with Gasteiger partial charge in [0.1, 0.15) is 6.54 Å². The number of anilines is 1. The molecule has 1 aromatic heterocycles. The Morgan fingerprint density at radius 2 is 1.77 bits per heavy atom. The molecule has 2 aromatic carbocycles. The Kier molecular flexibility index (Phi) is 7.15. The van der Waals surface area contributed by atoms with Gasteiger partial charge in [-0.15, -0.1) is 0 Å². The molecule has 8 heteroatoms. The first-order chi connectivity index (χ1) is 14.9. The van der Waals surface area contributed by atoms with Crippen molar-refractivity contribution in [3.05, 3.63) is 89.7 Å². The zero-order valence-corrected chi connectivity index (χ0v) is 18.2. The van der Waals surface area contributed by atoms with Crippen molar-refractivity contribution in [3.63, 3.8) is 0 Å². The first kappa shape index (κ1) is 22.2. The minimum atomic E-state index is -3.97. The van der Waals surface area contributed by atoms with Crippen molar-refractivity contribution in [2.45, 2.75) is 25.2 Å². The lowest BCUT2D eigenvalue weighted by Crippen LogP contribution is -2.40. The average molecular weight is 437 g/mol. The van der Waals surface area contributed by atoms with Crippen molar-refractivity contribution in [1.29, 1.82) is 0 Å². The summed E-state index contributed by atoms with van der Waals surface area (Å²) in [6.45, 7) is 3.41. The van der Waals surface area contributed by atoms with Crippen LogP contribution in [0.15, 0.2) is 82.9 Å². The maximum atomic E-state index is 13.4. The molecule has 0 saturated heterocycles. The van der Waals surface area contributed by atoms with Crippen LogP contribution in [0.3, 0.4) is 0 Å². The fraction of sp³-hybridized carbons (Fsp3) is 0.174. The largest absolute Gasteiger partial charge is 0.271 e. The fourth-order valence-electron chi connectivity index (χ4n) is 2.98.